The molecule has 0 fully saturated rings. The van der Waals surface area contributed by atoms with Crippen molar-refractivity contribution in [1.29, 1.82) is 0 Å². The Bertz CT molecular complexity index is 1040. The molecule has 0 aliphatic rings. The highest BCUT2D eigenvalue weighted by molar-refractivity contribution is 6.30. The molecule has 0 spiro atoms. The van der Waals surface area contributed by atoms with Gasteiger partial charge in [-0.3, -0.25) is 13.8 Å². The molecule has 3 rings (SSSR count). The van der Waals surface area contributed by atoms with Crippen molar-refractivity contribution in [3.8, 4) is 11.3 Å². The zero-order chi connectivity index (χ0) is 20.8. The van der Waals surface area contributed by atoms with Crippen LogP contribution < -0.4 is 10.9 Å². The van der Waals surface area contributed by atoms with Gasteiger partial charge in [0.2, 0.25) is 5.78 Å². The molecule has 0 aliphatic heterocycles. The second-order valence-corrected chi connectivity index (χ2v) is 7.70. The standard InChI is InChI=1S/C22H27ClN4O2/c1-3-4-5-13-26-20(24-12-6-7-16(2)28)14-21(29)27-15-19(25-22(26)27)17-8-10-18(23)11-9-17/h8-11,14-15,24H,3-7,12-13H2,1-2H3. The number of ketones is 1. The van der Waals surface area contributed by atoms with Crippen molar-refractivity contribution >= 4 is 29.0 Å². The molecule has 2 heterocycles. The van der Waals surface area contributed by atoms with Gasteiger partial charge in [-0.1, -0.05) is 43.5 Å². The zero-order valence-electron chi connectivity index (χ0n) is 16.9. The Morgan fingerprint density at radius 1 is 1.17 bits per heavy atom. The predicted molar refractivity (Wildman–Crippen MR) is 118 cm³/mol. The number of Topliss-reactive ketones (excluding diaryl/α,β-unsaturated/α-hetero) is 1. The van der Waals surface area contributed by atoms with Crippen LogP contribution in [-0.2, 0) is 11.3 Å². The summed E-state index contributed by atoms with van der Waals surface area (Å²) >= 11 is 5.99. The van der Waals surface area contributed by atoms with E-state index >= 15 is 0 Å². The summed E-state index contributed by atoms with van der Waals surface area (Å²) in [6, 6.07) is 9.04. The van der Waals surface area contributed by atoms with Crippen molar-refractivity contribution in [2.24, 2.45) is 0 Å². The van der Waals surface area contributed by atoms with E-state index in [1.165, 1.54) is 0 Å². The number of hydrogen-bond donors (Lipinski definition) is 1. The number of rotatable bonds is 10. The van der Waals surface area contributed by atoms with E-state index in [1.807, 2.05) is 24.3 Å². The van der Waals surface area contributed by atoms with Crippen LogP contribution in [0.4, 0.5) is 5.82 Å². The molecule has 0 radical (unpaired) electrons. The first-order valence-corrected chi connectivity index (χ1v) is 10.5. The van der Waals surface area contributed by atoms with Crippen molar-refractivity contribution in [2.75, 3.05) is 11.9 Å². The number of nitrogens with one attached hydrogen (secondary N) is 1. The van der Waals surface area contributed by atoms with Crippen molar-refractivity contribution < 1.29 is 4.79 Å². The minimum atomic E-state index is -0.131. The van der Waals surface area contributed by atoms with Crippen molar-refractivity contribution in [1.82, 2.24) is 14.0 Å². The largest absolute Gasteiger partial charge is 0.371 e. The molecule has 0 amide bonds. The number of halogens is 1. The first-order valence-electron chi connectivity index (χ1n) is 10.1. The summed E-state index contributed by atoms with van der Waals surface area (Å²) in [4.78, 5) is 28.7. The number of aryl methyl sites for hydroxylation is 1. The molecule has 1 aromatic carbocycles. The summed E-state index contributed by atoms with van der Waals surface area (Å²) in [6.07, 6.45) is 6.25. The average Bonchev–Trinajstić information content (AvgIpc) is 3.14. The molecule has 1 N–H and O–H groups in total. The van der Waals surface area contributed by atoms with E-state index in [9.17, 15) is 9.59 Å². The van der Waals surface area contributed by atoms with Gasteiger partial charge in [-0.15, -0.1) is 0 Å². The fraction of sp³-hybridized carbons (Fsp3) is 0.409. The van der Waals surface area contributed by atoms with E-state index in [0.717, 1.165) is 49.3 Å². The van der Waals surface area contributed by atoms with Gasteiger partial charge in [-0.25, -0.2) is 4.98 Å². The van der Waals surface area contributed by atoms with Gasteiger partial charge in [0.15, 0.2) is 0 Å². The topological polar surface area (TPSA) is 68.4 Å². The second kappa shape index (κ2) is 9.74. The van der Waals surface area contributed by atoms with Crippen molar-refractivity contribution in [3.05, 3.63) is 51.9 Å². The highest BCUT2D eigenvalue weighted by atomic mass is 35.5. The van der Waals surface area contributed by atoms with Gasteiger partial charge in [0.05, 0.1) is 5.69 Å². The number of imidazole rings is 1. The predicted octanol–water partition coefficient (Wildman–Crippen LogP) is 4.79. The first-order chi connectivity index (χ1) is 14.0. The molecule has 0 atom stereocenters. The third-order valence-electron chi connectivity index (χ3n) is 4.85. The van der Waals surface area contributed by atoms with Crippen LogP contribution in [0, 0.1) is 0 Å². The molecule has 7 heteroatoms. The number of aromatic nitrogens is 3. The Morgan fingerprint density at radius 2 is 1.93 bits per heavy atom. The Hall–Kier alpha value is -2.60. The summed E-state index contributed by atoms with van der Waals surface area (Å²) in [5, 5.41) is 3.99. The number of carbonyl (C=O) groups excluding carboxylic acids is 1. The van der Waals surface area contributed by atoms with Gasteiger partial charge >= 0.3 is 0 Å². The minimum absolute atomic E-state index is 0.131. The van der Waals surface area contributed by atoms with E-state index in [0.29, 0.717) is 23.8 Å². The van der Waals surface area contributed by atoms with E-state index in [1.54, 1.807) is 23.6 Å². The van der Waals surface area contributed by atoms with E-state index in [4.69, 9.17) is 16.6 Å². The first kappa shape index (κ1) is 21.1. The third-order valence-corrected chi connectivity index (χ3v) is 5.11. The number of carbonyl (C=O) groups is 1. The maximum atomic E-state index is 12.7. The molecule has 0 aliphatic carbocycles. The van der Waals surface area contributed by atoms with Gasteiger partial charge in [-0.2, -0.15) is 0 Å². The number of benzene rings is 1. The molecular weight excluding hydrogens is 388 g/mol. The lowest BCUT2D eigenvalue weighted by molar-refractivity contribution is -0.117. The summed E-state index contributed by atoms with van der Waals surface area (Å²) < 4.78 is 3.65. The molecule has 0 saturated carbocycles. The Morgan fingerprint density at radius 3 is 2.62 bits per heavy atom. The maximum absolute atomic E-state index is 12.7. The van der Waals surface area contributed by atoms with Crippen LogP contribution in [0.5, 0.6) is 0 Å². The summed E-state index contributed by atoms with van der Waals surface area (Å²) in [6.45, 7) is 5.16. The summed E-state index contributed by atoms with van der Waals surface area (Å²) in [7, 11) is 0. The monoisotopic (exact) mass is 414 g/mol. The van der Waals surface area contributed by atoms with Crippen molar-refractivity contribution in [3.63, 3.8) is 0 Å². The minimum Gasteiger partial charge on any atom is -0.371 e. The van der Waals surface area contributed by atoms with Crippen LogP contribution >= 0.6 is 11.6 Å². The SMILES string of the molecule is CCCCCn1c(NCCCC(C)=O)cc(=O)n2cc(-c3ccc(Cl)cc3)nc12. The van der Waals surface area contributed by atoms with Gasteiger partial charge in [0, 0.05) is 42.4 Å². The third kappa shape index (κ3) is 5.26. The molecule has 0 unspecified atom stereocenters. The average molecular weight is 415 g/mol. The highest BCUT2D eigenvalue weighted by Gasteiger charge is 2.13. The van der Waals surface area contributed by atoms with E-state index in [-0.39, 0.29) is 11.3 Å². The fourth-order valence-corrected chi connectivity index (χ4v) is 3.42. The number of anilines is 1. The second-order valence-electron chi connectivity index (χ2n) is 7.26. The van der Waals surface area contributed by atoms with Crippen LogP contribution in [0.2, 0.25) is 5.02 Å². The summed E-state index contributed by atoms with van der Waals surface area (Å²) in [5.74, 6) is 1.53. The van der Waals surface area contributed by atoms with Gasteiger partial charge in [0.25, 0.3) is 5.56 Å². The molecule has 29 heavy (non-hydrogen) atoms. The lowest BCUT2D eigenvalue weighted by Crippen LogP contribution is -2.21. The fourth-order valence-electron chi connectivity index (χ4n) is 3.30. The molecule has 2 aromatic heterocycles. The number of nitrogens with zero attached hydrogens (tertiary/aromatic N) is 3. The Kier molecular flexibility index (Phi) is 7.09. The van der Waals surface area contributed by atoms with Crippen LogP contribution in [0.15, 0.2) is 41.3 Å². The van der Waals surface area contributed by atoms with Crippen LogP contribution in [0.25, 0.3) is 17.0 Å². The van der Waals surface area contributed by atoms with Crippen molar-refractivity contribution in [2.45, 2.75) is 52.5 Å². The van der Waals surface area contributed by atoms with Gasteiger partial charge in [0.1, 0.15) is 11.6 Å². The highest BCUT2D eigenvalue weighted by Crippen LogP contribution is 2.22. The smallest absolute Gasteiger partial charge is 0.261 e. The summed E-state index contributed by atoms with van der Waals surface area (Å²) in [5.41, 5.74) is 1.51. The number of unbranched alkanes of at least 4 members (excludes halogenated alkanes) is 2. The lowest BCUT2D eigenvalue weighted by Gasteiger charge is -2.16. The number of hydrogen-bond acceptors (Lipinski definition) is 4. The van der Waals surface area contributed by atoms with E-state index in [2.05, 4.69) is 16.8 Å². The van der Waals surface area contributed by atoms with Gasteiger partial charge in [-0.05, 0) is 31.9 Å². The quantitative estimate of drug-likeness (QED) is 0.484. The van der Waals surface area contributed by atoms with Crippen LogP contribution in [0.3, 0.4) is 0 Å². The molecular formula is C22H27ClN4O2. The van der Waals surface area contributed by atoms with Crippen LogP contribution in [-0.4, -0.2) is 26.3 Å². The zero-order valence-corrected chi connectivity index (χ0v) is 17.7. The lowest BCUT2D eigenvalue weighted by atomic mass is 10.2. The van der Waals surface area contributed by atoms with Gasteiger partial charge < -0.3 is 10.1 Å². The van der Waals surface area contributed by atoms with E-state index < -0.39 is 0 Å². The molecule has 154 valence electrons. The maximum Gasteiger partial charge on any atom is 0.261 e. The Balaban J connectivity index is 1.98. The van der Waals surface area contributed by atoms with Crippen LogP contribution in [0.1, 0.15) is 46.0 Å². The normalized spacial score (nSPS) is 11.1. The Labute approximate surface area is 175 Å². The molecule has 0 saturated heterocycles. The number of fused-ring (bicyclic) bond motifs is 1. The molecule has 3 aromatic rings. The molecule has 0 bridgehead atoms. The molecule has 6 nitrogen and oxygen atoms in total.